The van der Waals surface area contributed by atoms with Crippen LogP contribution in [0.2, 0.25) is 5.02 Å². The second-order valence-electron chi connectivity index (χ2n) is 8.11. The summed E-state index contributed by atoms with van der Waals surface area (Å²) in [5, 5.41) is 15.4. The van der Waals surface area contributed by atoms with Gasteiger partial charge < -0.3 is 26.3 Å². The number of benzene rings is 2. The number of hydrogen-bond donors (Lipinski definition) is 5. The van der Waals surface area contributed by atoms with E-state index < -0.39 is 41.4 Å². The van der Waals surface area contributed by atoms with Crippen molar-refractivity contribution in [3.05, 3.63) is 65.1 Å². The quantitative estimate of drug-likeness (QED) is 0.251. The Morgan fingerprint density at radius 3 is 2.50 bits per heavy atom. The van der Waals surface area contributed by atoms with E-state index in [1.807, 2.05) is 24.3 Å². The zero-order chi connectivity index (χ0) is 26.2. The first kappa shape index (κ1) is 26.6. The Morgan fingerprint density at radius 1 is 1.06 bits per heavy atom. The normalized spacial score (nSPS) is 12.4. The Bertz CT molecular complexity index is 1290. The van der Waals surface area contributed by atoms with E-state index in [2.05, 4.69) is 20.9 Å². The lowest BCUT2D eigenvalue weighted by molar-refractivity contribution is -0.130. The Kier molecular flexibility index (Phi) is 8.91. The third kappa shape index (κ3) is 6.76. The molecule has 0 fully saturated rings. The van der Waals surface area contributed by atoms with Crippen LogP contribution >= 0.6 is 11.6 Å². The molecule has 188 valence electrons. The summed E-state index contributed by atoms with van der Waals surface area (Å²) >= 11 is 5.99. The van der Waals surface area contributed by atoms with E-state index in [1.165, 1.54) is 19.1 Å². The molecular formula is C25H25ClFN5O4. The van der Waals surface area contributed by atoms with Gasteiger partial charge >= 0.3 is 0 Å². The van der Waals surface area contributed by atoms with Crippen LogP contribution in [0.25, 0.3) is 10.9 Å². The number of ketones is 1. The molecule has 0 saturated carbocycles. The summed E-state index contributed by atoms with van der Waals surface area (Å²) < 4.78 is 14.2. The largest absolute Gasteiger partial charge is 0.361 e. The molecule has 0 aliphatic rings. The highest BCUT2D eigenvalue weighted by atomic mass is 35.5. The first-order chi connectivity index (χ1) is 17.2. The number of fused-ring (bicyclic) bond motifs is 1. The second-order valence-corrected chi connectivity index (χ2v) is 8.52. The van der Waals surface area contributed by atoms with Gasteiger partial charge in [0.15, 0.2) is 5.78 Å². The summed E-state index contributed by atoms with van der Waals surface area (Å²) in [5.74, 6) is -3.25. The zero-order valence-corrected chi connectivity index (χ0v) is 20.1. The van der Waals surface area contributed by atoms with Gasteiger partial charge in [-0.2, -0.15) is 0 Å². The second kappa shape index (κ2) is 12.1. The molecule has 0 radical (unpaired) electrons. The van der Waals surface area contributed by atoms with E-state index in [0.29, 0.717) is 6.21 Å². The van der Waals surface area contributed by atoms with Crippen molar-refractivity contribution in [3.8, 4) is 0 Å². The van der Waals surface area contributed by atoms with Gasteiger partial charge in [0.05, 0.1) is 16.9 Å². The van der Waals surface area contributed by atoms with Crippen LogP contribution < -0.4 is 16.0 Å². The molecule has 0 saturated heterocycles. The van der Waals surface area contributed by atoms with Crippen molar-refractivity contribution in [1.29, 1.82) is 5.41 Å². The lowest BCUT2D eigenvalue weighted by Gasteiger charge is -2.23. The van der Waals surface area contributed by atoms with E-state index in [0.717, 1.165) is 22.5 Å². The molecule has 11 heteroatoms. The van der Waals surface area contributed by atoms with Crippen LogP contribution in [0.5, 0.6) is 0 Å². The van der Waals surface area contributed by atoms with Crippen molar-refractivity contribution in [3.63, 3.8) is 0 Å². The number of H-pyrrole nitrogens is 1. The van der Waals surface area contributed by atoms with Crippen molar-refractivity contribution in [2.24, 2.45) is 0 Å². The number of amides is 3. The molecule has 0 aliphatic carbocycles. The lowest BCUT2D eigenvalue weighted by atomic mass is 10.0. The Morgan fingerprint density at radius 2 is 1.81 bits per heavy atom. The molecule has 3 aromatic rings. The topological polar surface area (TPSA) is 144 Å². The van der Waals surface area contributed by atoms with E-state index in [1.54, 1.807) is 6.20 Å². The van der Waals surface area contributed by atoms with Crippen molar-refractivity contribution in [1.82, 2.24) is 15.6 Å². The highest BCUT2D eigenvalue weighted by Crippen LogP contribution is 2.25. The molecule has 2 atom stereocenters. The van der Waals surface area contributed by atoms with Crippen molar-refractivity contribution in [2.75, 3.05) is 5.32 Å². The maximum atomic E-state index is 14.2. The Balaban J connectivity index is 1.82. The van der Waals surface area contributed by atoms with Crippen LogP contribution in [0.3, 0.4) is 0 Å². The smallest absolute Gasteiger partial charge is 0.247 e. The number of rotatable bonds is 11. The fourth-order valence-corrected chi connectivity index (χ4v) is 3.91. The minimum atomic E-state index is -1.27. The molecule has 1 aromatic heterocycles. The fraction of sp³-hybridized carbons (Fsp3) is 0.240. The van der Waals surface area contributed by atoms with E-state index in [-0.39, 0.29) is 30.0 Å². The average molecular weight is 514 g/mol. The third-order valence-electron chi connectivity index (χ3n) is 5.48. The summed E-state index contributed by atoms with van der Waals surface area (Å²) in [6.45, 7) is 1.27. The SMILES string of the molecule is CC(=O)N[C@@H](Cc1c[nH]c2ccccc12)C(=O)N[C@@H](CCC(=O)C=N)C(=O)Nc1c(F)cccc1Cl. The molecule has 0 bridgehead atoms. The van der Waals surface area contributed by atoms with Gasteiger partial charge in [0.25, 0.3) is 0 Å². The molecule has 3 amide bonds. The van der Waals surface area contributed by atoms with Crippen LogP contribution in [-0.4, -0.2) is 46.8 Å². The van der Waals surface area contributed by atoms with E-state index in [4.69, 9.17) is 17.0 Å². The highest BCUT2D eigenvalue weighted by molar-refractivity contribution is 6.33. The Labute approximate surface area is 211 Å². The molecule has 1 heterocycles. The minimum Gasteiger partial charge on any atom is -0.361 e. The van der Waals surface area contributed by atoms with Gasteiger partial charge in [-0.25, -0.2) is 4.39 Å². The maximum Gasteiger partial charge on any atom is 0.247 e. The molecule has 5 N–H and O–H groups in total. The fourth-order valence-electron chi connectivity index (χ4n) is 3.70. The first-order valence-electron chi connectivity index (χ1n) is 11.1. The number of hydrogen-bond acceptors (Lipinski definition) is 5. The summed E-state index contributed by atoms with van der Waals surface area (Å²) in [4.78, 5) is 52.8. The monoisotopic (exact) mass is 513 g/mol. The van der Waals surface area contributed by atoms with Gasteiger partial charge in [-0.05, 0) is 30.2 Å². The summed E-state index contributed by atoms with van der Waals surface area (Å²) in [7, 11) is 0. The predicted octanol–water partition coefficient (Wildman–Crippen LogP) is 3.13. The van der Waals surface area contributed by atoms with Crippen LogP contribution in [0.1, 0.15) is 25.3 Å². The number of aromatic amines is 1. The van der Waals surface area contributed by atoms with Crippen molar-refractivity contribution < 1.29 is 23.6 Å². The van der Waals surface area contributed by atoms with Crippen LogP contribution in [0, 0.1) is 11.2 Å². The van der Waals surface area contributed by atoms with Gasteiger partial charge in [0.2, 0.25) is 17.7 Å². The number of aromatic nitrogens is 1. The van der Waals surface area contributed by atoms with E-state index >= 15 is 0 Å². The number of carbonyl (C=O) groups is 4. The van der Waals surface area contributed by atoms with Gasteiger partial charge in [0.1, 0.15) is 17.9 Å². The lowest BCUT2D eigenvalue weighted by Crippen LogP contribution is -2.53. The summed E-state index contributed by atoms with van der Waals surface area (Å²) in [6, 6.07) is 9.04. The number of carbonyl (C=O) groups excluding carboxylic acids is 4. The maximum absolute atomic E-state index is 14.2. The molecule has 9 nitrogen and oxygen atoms in total. The van der Waals surface area contributed by atoms with Crippen LogP contribution in [0.4, 0.5) is 10.1 Å². The molecular weight excluding hydrogens is 489 g/mol. The van der Waals surface area contributed by atoms with Gasteiger partial charge in [-0.3, -0.25) is 19.2 Å². The van der Waals surface area contributed by atoms with Gasteiger partial charge in [-0.15, -0.1) is 0 Å². The minimum absolute atomic E-state index is 0.0422. The average Bonchev–Trinajstić information content (AvgIpc) is 3.25. The summed E-state index contributed by atoms with van der Waals surface area (Å²) in [5.41, 5.74) is 1.37. The standard InChI is InChI=1S/C25H25ClFN5O4/c1-14(33)30-22(11-15-13-29-20-8-3-2-5-17(15)20)25(36)31-21(10-9-16(34)12-28)24(35)32-23-18(26)6-4-7-19(23)27/h2-8,12-13,21-22,28-29H,9-11H2,1H3,(H,30,33)(H,31,36)(H,32,35)/t21-,22-/m0/s1. The first-order valence-corrected chi connectivity index (χ1v) is 11.5. The molecule has 0 aliphatic heterocycles. The number of para-hydroxylation sites is 2. The number of halogens is 2. The van der Waals surface area contributed by atoms with Crippen molar-refractivity contribution >= 4 is 57.9 Å². The predicted molar refractivity (Wildman–Crippen MR) is 135 cm³/mol. The number of nitrogens with one attached hydrogen (secondary N) is 5. The molecule has 2 aromatic carbocycles. The third-order valence-corrected chi connectivity index (χ3v) is 5.79. The zero-order valence-electron chi connectivity index (χ0n) is 19.4. The van der Waals surface area contributed by atoms with Crippen LogP contribution in [0.15, 0.2) is 48.7 Å². The molecule has 3 rings (SSSR count). The molecule has 0 unspecified atom stereocenters. The van der Waals surface area contributed by atoms with Gasteiger partial charge in [0, 0.05) is 36.9 Å². The number of anilines is 1. The van der Waals surface area contributed by atoms with Crippen molar-refractivity contribution in [2.45, 2.75) is 38.3 Å². The highest BCUT2D eigenvalue weighted by Gasteiger charge is 2.28. The number of Topliss-reactive ketones (excluding diaryl/α,β-unsaturated/α-hetero) is 1. The molecule has 0 spiro atoms. The van der Waals surface area contributed by atoms with Crippen LogP contribution in [-0.2, 0) is 25.6 Å². The Hall–Kier alpha value is -4.05. The molecule has 36 heavy (non-hydrogen) atoms. The van der Waals surface area contributed by atoms with Gasteiger partial charge in [-0.1, -0.05) is 35.9 Å². The van der Waals surface area contributed by atoms with E-state index in [9.17, 15) is 23.6 Å². The summed E-state index contributed by atoms with van der Waals surface area (Å²) in [6.07, 6.45) is 2.11.